The van der Waals surface area contributed by atoms with E-state index >= 15 is 0 Å². The van der Waals surface area contributed by atoms with Gasteiger partial charge < -0.3 is 9.47 Å². The van der Waals surface area contributed by atoms with Crippen molar-refractivity contribution in [2.24, 2.45) is 0 Å². The van der Waals surface area contributed by atoms with E-state index in [1.54, 1.807) is 0 Å². The summed E-state index contributed by atoms with van der Waals surface area (Å²) in [5, 5.41) is 10.3. The number of benzene rings is 1. The van der Waals surface area contributed by atoms with Crippen molar-refractivity contribution < 1.29 is 0 Å². The van der Waals surface area contributed by atoms with E-state index in [9.17, 15) is 0 Å². The number of hydrogen-bond acceptors (Lipinski definition) is 4. The van der Waals surface area contributed by atoms with Crippen LogP contribution >= 0.6 is 0 Å². The number of fused-ring (bicyclic) bond motifs is 2. The minimum Gasteiger partial charge on any atom is -0.370 e. The third-order valence-corrected chi connectivity index (χ3v) is 5.87. The van der Waals surface area contributed by atoms with Gasteiger partial charge >= 0.3 is 0 Å². The highest BCUT2D eigenvalue weighted by molar-refractivity contribution is 5.92. The number of rotatable bonds is 3. The van der Waals surface area contributed by atoms with E-state index in [0.717, 1.165) is 38.0 Å². The molecule has 0 radical (unpaired) electrons. The summed E-state index contributed by atoms with van der Waals surface area (Å²) in [6, 6.07) is 10.8. The summed E-state index contributed by atoms with van der Waals surface area (Å²) in [5.74, 6) is 2.86. The number of piperidine rings is 1. The quantitative estimate of drug-likeness (QED) is 0.724. The van der Waals surface area contributed by atoms with Crippen molar-refractivity contribution in [2.45, 2.75) is 51.5 Å². The molecule has 134 valence electrons. The lowest BCUT2D eigenvalue weighted by Crippen LogP contribution is -2.35. The molecule has 2 aliphatic heterocycles. The summed E-state index contributed by atoms with van der Waals surface area (Å²) in [6.45, 7) is 5.40. The molecule has 0 N–H and O–H groups in total. The molecule has 0 aliphatic carbocycles. The van der Waals surface area contributed by atoms with Crippen LogP contribution in [-0.4, -0.2) is 32.8 Å². The van der Waals surface area contributed by atoms with Crippen LogP contribution in [0.5, 0.6) is 0 Å². The second-order valence-electron chi connectivity index (χ2n) is 7.52. The number of nitrogens with zero attached hydrogens (tertiary/aromatic N) is 5. The van der Waals surface area contributed by atoms with Gasteiger partial charge in [0.2, 0.25) is 0 Å². The van der Waals surface area contributed by atoms with Crippen LogP contribution in [0, 0.1) is 0 Å². The van der Waals surface area contributed by atoms with Crippen molar-refractivity contribution in [3.8, 4) is 0 Å². The summed E-state index contributed by atoms with van der Waals surface area (Å²) in [6.07, 6.45) is 5.66. The van der Waals surface area contributed by atoms with Crippen molar-refractivity contribution in [1.82, 2.24) is 19.7 Å². The van der Waals surface area contributed by atoms with Crippen molar-refractivity contribution in [1.29, 1.82) is 0 Å². The van der Waals surface area contributed by atoms with Crippen molar-refractivity contribution in [3.05, 3.63) is 47.7 Å². The van der Waals surface area contributed by atoms with Crippen LogP contribution in [0.2, 0.25) is 0 Å². The predicted molar refractivity (Wildman–Crippen MR) is 104 cm³/mol. The summed E-state index contributed by atoms with van der Waals surface area (Å²) in [4.78, 5) is 7.36. The predicted octanol–water partition coefficient (Wildman–Crippen LogP) is 3.72. The largest absolute Gasteiger partial charge is 0.370 e. The number of para-hydroxylation sites is 1. The highest BCUT2D eigenvalue weighted by atomic mass is 15.3. The molecule has 5 heteroatoms. The zero-order valence-electron chi connectivity index (χ0n) is 15.4. The Morgan fingerprint density at radius 2 is 2.04 bits per heavy atom. The molecule has 0 amide bonds. The average Bonchev–Trinajstić information content (AvgIpc) is 3.31. The smallest absolute Gasteiger partial charge is 0.137 e. The van der Waals surface area contributed by atoms with Gasteiger partial charge in [0.15, 0.2) is 0 Å². The Labute approximate surface area is 154 Å². The standard InChI is InChI=1S/C21H25N5/c1-2-16-13-19(17-8-3-4-9-18(17)22-16)25-11-5-7-15(14-25)21-24-23-20-10-6-12-26(20)21/h3-4,8-9,13,15H,2,5-7,10-12,14H2,1H3. The number of hydrogen-bond donors (Lipinski definition) is 0. The highest BCUT2D eigenvalue weighted by Gasteiger charge is 2.29. The number of anilines is 1. The molecule has 0 bridgehead atoms. The lowest BCUT2D eigenvalue weighted by atomic mass is 9.96. The van der Waals surface area contributed by atoms with Crippen LogP contribution in [0.15, 0.2) is 30.3 Å². The lowest BCUT2D eigenvalue weighted by Gasteiger charge is -2.35. The van der Waals surface area contributed by atoms with Crippen molar-refractivity contribution in [2.75, 3.05) is 18.0 Å². The minimum atomic E-state index is 0.472. The Bertz CT molecular complexity index is 945. The Morgan fingerprint density at radius 3 is 2.96 bits per heavy atom. The topological polar surface area (TPSA) is 46.8 Å². The van der Waals surface area contributed by atoms with Gasteiger partial charge in [-0.1, -0.05) is 25.1 Å². The Morgan fingerprint density at radius 1 is 1.12 bits per heavy atom. The first-order valence-electron chi connectivity index (χ1n) is 9.89. The monoisotopic (exact) mass is 347 g/mol. The molecule has 1 aromatic carbocycles. The molecule has 0 spiro atoms. The fourth-order valence-corrected chi connectivity index (χ4v) is 4.53. The van der Waals surface area contributed by atoms with Gasteiger partial charge in [-0.05, 0) is 37.8 Å². The Hall–Kier alpha value is -2.43. The van der Waals surface area contributed by atoms with E-state index < -0.39 is 0 Å². The van der Waals surface area contributed by atoms with E-state index in [2.05, 4.69) is 56.9 Å². The van der Waals surface area contributed by atoms with E-state index in [1.165, 1.54) is 47.7 Å². The first kappa shape index (κ1) is 15.8. The van der Waals surface area contributed by atoms with Crippen LogP contribution in [-0.2, 0) is 19.4 Å². The van der Waals surface area contributed by atoms with Gasteiger partial charge in [0, 0.05) is 48.7 Å². The fraction of sp³-hybridized carbons (Fsp3) is 0.476. The first-order valence-corrected chi connectivity index (χ1v) is 9.89. The summed E-state index contributed by atoms with van der Waals surface area (Å²) in [5.41, 5.74) is 3.61. The molecule has 5 nitrogen and oxygen atoms in total. The maximum Gasteiger partial charge on any atom is 0.137 e. The van der Waals surface area contributed by atoms with E-state index in [-0.39, 0.29) is 0 Å². The van der Waals surface area contributed by atoms with Gasteiger partial charge in [0.05, 0.1) is 5.52 Å². The maximum absolute atomic E-state index is 4.81. The minimum absolute atomic E-state index is 0.472. The molecule has 2 aromatic heterocycles. The van der Waals surface area contributed by atoms with Gasteiger partial charge in [-0.15, -0.1) is 10.2 Å². The lowest BCUT2D eigenvalue weighted by molar-refractivity contribution is 0.473. The molecule has 2 aliphatic rings. The van der Waals surface area contributed by atoms with Gasteiger partial charge in [-0.25, -0.2) is 0 Å². The summed E-state index contributed by atoms with van der Waals surface area (Å²) >= 11 is 0. The Balaban J connectivity index is 1.51. The van der Waals surface area contributed by atoms with Gasteiger partial charge in [0.25, 0.3) is 0 Å². The third-order valence-electron chi connectivity index (χ3n) is 5.87. The molecule has 3 aromatic rings. The SMILES string of the molecule is CCc1cc(N2CCCC(c3nnc4n3CCC4)C2)c2ccccc2n1. The van der Waals surface area contributed by atoms with Crippen LogP contribution < -0.4 is 4.90 Å². The zero-order valence-corrected chi connectivity index (χ0v) is 15.4. The Kier molecular flexibility index (Phi) is 3.88. The number of pyridine rings is 1. The van der Waals surface area contributed by atoms with Crippen LogP contribution in [0.3, 0.4) is 0 Å². The van der Waals surface area contributed by atoms with Gasteiger partial charge in [-0.3, -0.25) is 4.98 Å². The molecule has 5 rings (SSSR count). The molecule has 1 fully saturated rings. The molecular formula is C21H25N5. The van der Waals surface area contributed by atoms with Crippen molar-refractivity contribution in [3.63, 3.8) is 0 Å². The fourth-order valence-electron chi connectivity index (χ4n) is 4.53. The van der Waals surface area contributed by atoms with Crippen LogP contribution in [0.25, 0.3) is 10.9 Å². The van der Waals surface area contributed by atoms with Gasteiger partial charge in [0.1, 0.15) is 11.6 Å². The van der Waals surface area contributed by atoms with Crippen molar-refractivity contribution >= 4 is 16.6 Å². The summed E-state index contributed by atoms with van der Waals surface area (Å²) < 4.78 is 2.37. The molecule has 4 heterocycles. The molecule has 1 saturated heterocycles. The van der Waals surface area contributed by atoms with E-state index in [4.69, 9.17) is 4.98 Å². The van der Waals surface area contributed by atoms with Crippen LogP contribution in [0.1, 0.15) is 49.4 Å². The summed E-state index contributed by atoms with van der Waals surface area (Å²) in [7, 11) is 0. The van der Waals surface area contributed by atoms with E-state index in [1.807, 2.05) is 0 Å². The van der Waals surface area contributed by atoms with Gasteiger partial charge in [-0.2, -0.15) is 0 Å². The maximum atomic E-state index is 4.81. The number of aromatic nitrogens is 4. The highest BCUT2D eigenvalue weighted by Crippen LogP contribution is 2.34. The third kappa shape index (κ3) is 2.57. The second kappa shape index (κ2) is 6.38. The molecule has 1 atom stereocenters. The molecule has 26 heavy (non-hydrogen) atoms. The zero-order chi connectivity index (χ0) is 17.5. The average molecular weight is 347 g/mol. The normalized spacial score (nSPS) is 19.9. The molecular weight excluding hydrogens is 322 g/mol. The number of aryl methyl sites for hydroxylation is 2. The van der Waals surface area contributed by atoms with E-state index in [0.29, 0.717) is 5.92 Å². The first-order chi connectivity index (χ1) is 12.8. The molecule has 1 unspecified atom stereocenters. The second-order valence-corrected chi connectivity index (χ2v) is 7.52. The van der Waals surface area contributed by atoms with Crippen LogP contribution in [0.4, 0.5) is 5.69 Å². The molecule has 0 saturated carbocycles.